The molecule has 2 aromatic carbocycles. The summed E-state index contributed by atoms with van der Waals surface area (Å²) < 4.78 is 6.60. The summed E-state index contributed by atoms with van der Waals surface area (Å²) in [6.45, 7) is 2.03. The Labute approximate surface area is 180 Å². The first kappa shape index (κ1) is 21.4. The Balaban J connectivity index is 1.67. The van der Waals surface area contributed by atoms with Crippen molar-refractivity contribution in [1.82, 2.24) is 10.2 Å². The third-order valence-electron chi connectivity index (χ3n) is 5.24. The van der Waals surface area contributed by atoms with Crippen LogP contribution in [0.3, 0.4) is 0 Å². The van der Waals surface area contributed by atoms with E-state index in [4.69, 9.17) is 4.74 Å². The van der Waals surface area contributed by atoms with E-state index in [-0.39, 0.29) is 24.5 Å². The Morgan fingerprint density at radius 3 is 2.41 bits per heavy atom. The van der Waals surface area contributed by atoms with Gasteiger partial charge in [0.05, 0.1) is 0 Å². The fourth-order valence-corrected chi connectivity index (χ4v) is 3.78. The monoisotopic (exact) mass is 458 g/mol. The predicted molar refractivity (Wildman–Crippen MR) is 116 cm³/mol. The minimum atomic E-state index is -0.572. The molecule has 154 valence electrons. The van der Waals surface area contributed by atoms with Crippen molar-refractivity contribution in [2.75, 3.05) is 6.61 Å². The molecule has 2 aromatic rings. The molecule has 29 heavy (non-hydrogen) atoms. The van der Waals surface area contributed by atoms with Crippen molar-refractivity contribution >= 4 is 27.7 Å². The Morgan fingerprint density at radius 2 is 1.76 bits per heavy atom. The van der Waals surface area contributed by atoms with Gasteiger partial charge in [-0.3, -0.25) is 9.59 Å². The lowest BCUT2D eigenvalue weighted by Crippen LogP contribution is -2.50. The van der Waals surface area contributed by atoms with Gasteiger partial charge in [-0.25, -0.2) is 0 Å². The minimum absolute atomic E-state index is 0.107. The molecular weight excluding hydrogens is 432 g/mol. The second-order valence-electron chi connectivity index (χ2n) is 7.42. The van der Waals surface area contributed by atoms with Crippen molar-refractivity contribution in [2.45, 2.75) is 51.2 Å². The van der Waals surface area contributed by atoms with Crippen LogP contribution in [0.5, 0.6) is 5.75 Å². The van der Waals surface area contributed by atoms with Gasteiger partial charge in [0.1, 0.15) is 11.8 Å². The van der Waals surface area contributed by atoms with E-state index in [0.29, 0.717) is 12.3 Å². The van der Waals surface area contributed by atoms with Crippen molar-refractivity contribution in [2.24, 2.45) is 0 Å². The van der Waals surface area contributed by atoms with E-state index in [1.54, 1.807) is 24.0 Å². The number of carbonyl (C=O) groups is 2. The van der Waals surface area contributed by atoms with Crippen LogP contribution in [0.15, 0.2) is 59.1 Å². The first-order chi connectivity index (χ1) is 14.0. The Bertz CT molecular complexity index is 805. The smallest absolute Gasteiger partial charge is 0.261 e. The number of rotatable bonds is 8. The molecule has 1 fully saturated rings. The van der Waals surface area contributed by atoms with Crippen molar-refractivity contribution in [3.63, 3.8) is 0 Å². The van der Waals surface area contributed by atoms with Crippen LogP contribution in [-0.2, 0) is 16.1 Å². The average Bonchev–Trinajstić information content (AvgIpc) is 3.24. The molecule has 1 atom stereocenters. The van der Waals surface area contributed by atoms with Gasteiger partial charge in [0.15, 0.2) is 6.61 Å². The van der Waals surface area contributed by atoms with Gasteiger partial charge in [0.25, 0.3) is 5.91 Å². The lowest BCUT2D eigenvalue weighted by atomic mass is 10.1. The standard InChI is InChI=1S/C23H27BrN2O3/c1-17(23(28)25-20-9-5-6-10-20)26(15-18-7-3-2-4-8-18)22(27)16-29-21-13-11-19(24)12-14-21/h2-4,7-8,11-14,17,20H,5-6,9-10,15-16H2,1H3,(H,25,28)/t17-/m0/s1. The maximum atomic E-state index is 13.0. The van der Waals surface area contributed by atoms with Crippen LogP contribution >= 0.6 is 15.9 Å². The fraction of sp³-hybridized carbons (Fsp3) is 0.391. The Morgan fingerprint density at radius 1 is 1.10 bits per heavy atom. The molecule has 2 amide bonds. The van der Waals surface area contributed by atoms with Gasteiger partial charge in [0, 0.05) is 17.1 Å². The number of carbonyl (C=O) groups excluding carboxylic acids is 2. The van der Waals surface area contributed by atoms with Crippen molar-refractivity contribution in [3.8, 4) is 5.75 Å². The molecule has 0 radical (unpaired) electrons. The lowest BCUT2D eigenvalue weighted by Gasteiger charge is -2.29. The van der Waals surface area contributed by atoms with Crippen molar-refractivity contribution in [1.29, 1.82) is 0 Å². The summed E-state index contributed by atoms with van der Waals surface area (Å²) >= 11 is 3.38. The van der Waals surface area contributed by atoms with Gasteiger partial charge in [-0.15, -0.1) is 0 Å². The molecule has 0 bridgehead atoms. The van der Waals surface area contributed by atoms with Gasteiger partial charge in [-0.1, -0.05) is 59.1 Å². The van der Waals surface area contributed by atoms with Gasteiger partial charge in [-0.2, -0.15) is 0 Å². The second-order valence-corrected chi connectivity index (χ2v) is 8.33. The Hall–Kier alpha value is -2.34. The number of hydrogen-bond donors (Lipinski definition) is 1. The molecule has 0 heterocycles. The number of amides is 2. The van der Waals surface area contributed by atoms with Gasteiger partial charge in [0.2, 0.25) is 5.91 Å². The van der Waals surface area contributed by atoms with E-state index in [1.807, 2.05) is 42.5 Å². The third-order valence-corrected chi connectivity index (χ3v) is 5.77. The number of ether oxygens (including phenoxy) is 1. The quantitative estimate of drug-likeness (QED) is 0.641. The summed E-state index contributed by atoms with van der Waals surface area (Å²) in [5.74, 6) is 0.292. The molecule has 0 unspecified atom stereocenters. The summed E-state index contributed by atoms with van der Waals surface area (Å²) in [5.41, 5.74) is 0.977. The molecule has 0 spiro atoms. The predicted octanol–water partition coefficient (Wildman–Crippen LogP) is 4.30. The van der Waals surface area contributed by atoms with E-state index >= 15 is 0 Å². The van der Waals surface area contributed by atoms with E-state index in [0.717, 1.165) is 35.7 Å². The van der Waals surface area contributed by atoms with Crippen LogP contribution in [0.25, 0.3) is 0 Å². The molecule has 0 aromatic heterocycles. The van der Waals surface area contributed by atoms with Crippen molar-refractivity contribution in [3.05, 3.63) is 64.6 Å². The SMILES string of the molecule is C[C@@H](C(=O)NC1CCCC1)N(Cc1ccccc1)C(=O)COc1ccc(Br)cc1. The first-order valence-corrected chi connectivity index (χ1v) is 10.8. The highest BCUT2D eigenvalue weighted by Crippen LogP contribution is 2.19. The summed E-state index contributed by atoms with van der Waals surface area (Å²) in [6.07, 6.45) is 4.32. The van der Waals surface area contributed by atoms with Crippen LogP contribution in [0.2, 0.25) is 0 Å². The normalized spacial score (nSPS) is 15.0. The second kappa shape index (κ2) is 10.4. The zero-order chi connectivity index (χ0) is 20.6. The van der Waals surface area contributed by atoms with E-state index in [9.17, 15) is 9.59 Å². The molecule has 6 heteroatoms. The van der Waals surface area contributed by atoms with E-state index < -0.39 is 6.04 Å². The molecule has 1 aliphatic carbocycles. The van der Waals surface area contributed by atoms with E-state index in [2.05, 4.69) is 21.2 Å². The third kappa shape index (κ3) is 6.32. The maximum Gasteiger partial charge on any atom is 0.261 e. The zero-order valence-electron chi connectivity index (χ0n) is 16.6. The summed E-state index contributed by atoms with van der Waals surface area (Å²) in [6, 6.07) is 16.7. The highest BCUT2D eigenvalue weighted by molar-refractivity contribution is 9.10. The first-order valence-electron chi connectivity index (χ1n) is 10.0. The van der Waals surface area contributed by atoms with Crippen molar-refractivity contribution < 1.29 is 14.3 Å². The fourth-order valence-electron chi connectivity index (χ4n) is 3.51. The molecule has 0 aliphatic heterocycles. The Kier molecular flexibility index (Phi) is 7.69. The maximum absolute atomic E-state index is 13.0. The number of hydrogen-bond acceptors (Lipinski definition) is 3. The molecule has 3 rings (SSSR count). The average molecular weight is 459 g/mol. The highest BCUT2D eigenvalue weighted by atomic mass is 79.9. The highest BCUT2D eigenvalue weighted by Gasteiger charge is 2.28. The summed E-state index contributed by atoms with van der Waals surface area (Å²) in [4.78, 5) is 27.4. The van der Waals surface area contributed by atoms with Gasteiger partial charge < -0.3 is 15.0 Å². The number of halogens is 1. The number of nitrogens with one attached hydrogen (secondary N) is 1. The topological polar surface area (TPSA) is 58.6 Å². The summed E-state index contributed by atoms with van der Waals surface area (Å²) in [7, 11) is 0. The van der Waals surface area contributed by atoms with Crippen LogP contribution in [0.4, 0.5) is 0 Å². The van der Waals surface area contributed by atoms with Gasteiger partial charge in [-0.05, 0) is 49.6 Å². The molecule has 1 aliphatic rings. The van der Waals surface area contributed by atoms with Crippen LogP contribution in [0, 0.1) is 0 Å². The van der Waals surface area contributed by atoms with Crippen LogP contribution in [0.1, 0.15) is 38.2 Å². The molecular formula is C23H27BrN2O3. The lowest BCUT2D eigenvalue weighted by molar-refractivity contribution is -0.142. The zero-order valence-corrected chi connectivity index (χ0v) is 18.2. The number of benzene rings is 2. The molecule has 0 saturated heterocycles. The molecule has 1 saturated carbocycles. The van der Waals surface area contributed by atoms with E-state index in [1.165, 1.54) is 0 Å². The molecule has 1 N–H and O–H groups in total. The largest absolute Gasteiger partial charge is 0.484 e. The minimum Gasteiger partial charge on any atom is -0.484 e. The summed E-state index contributed by atoms with van der Waals surface area (Å²) in [5, 5.41) is 3.10. The number of nitrogens with zero attached hydrogens (tertiary/aromatic N) is 1. The van der Waals surface area contributed by atoms with Crippen LogP contribution < -0.4 is 10.1 Å². The van der Waals surface area contributed by atoms with Gasteiger partial charge >= 0.3 is 0 Å². The molecule has 5 nitrogen and oxygen atoms in total. The van der Waals surface area contributed by atoms with Crippen LogP contribution in [-0.4, -0.2) is 35.4 Å².